The van der Waals surface area contributed by atoms with Gasteiger partial charge in [-0.1, -0.05) is 18.5 Å². The van der Waals surface area contributed by atoms with Gasteiger partial charge in [0, 0.05) is 18.8 Å². The Hall–Kier alpha value is -2.41. The van der Waals surface area contributed by atoms with E-state index in [1.807, 2.05) is 6.92 Å². The smallest absolute Gasteiger partial charge is 0.252 e. The van der Waals surface area contributed by atoms with Crippen LogP contribution in [0.2, 0.25) is 0 Å². The third-order valence-corrected chi connectivity index (χ3v) is 3.75. The number of hydrogen-bond donors (Lipinski definition) is 2. The van der Waals surface area contributed by atoms with Crippen molar-refractivity contribution in [2.45, 2.75) is 52.7 Å². The second-order valence-electron chi connectivity index (χ2n) is 6.00. The number of nitrogens with zero attached hydrogens (tertiary/aromatic N) is 2. The zero-order valence-electron chi connectivity index (χ0n) is 14.9. The molecule has 0 aliphatic rings. The number of carbonyl (C=O) groups excluding carboxylic acids is 1. The largest absolute Gasteiger partial charge is 0.473 e. The van der Waals surface area contributed by atoms with Gasteiger partial charge in [0.15, 0.2) is 0 Å². The number of hydrogen-bond acceptors (Lipinski definition) is 6. The van der Waals surface area contributed by atoms with Gasteiger partial charge in [0.1, 0.15) is 12.4 Å². The lowest BCUT2D eigenvalue weighted by molar-refractivity contribution is 0.0923. The summed E-state index contributed by atoms with van der Waals surface area (Å²) < 4.78 is 11.0. The van der Waals surface area contributed by atoms with Crippen molar-refractivity contribution in [2.24, 2.45) is 0 Å². The molecule has 2 aromatic rings. The molecule has 2 N–H and O–H groups in total. The first kappa shape index (κ1) is 18.9. The van der Waals surface area contributed by atoms with Crippen molar-refractivity contribution in [3.05, 3.63) is 40.9 Å². The second kappa shape index (κ2) is 9.17. The Morgan fingerprint density at radius 2 is 2.24 bits per heavy atom. The molecule has 2 aromatic heterocycles. The van der Waals surface area contributed by atoms with Crippen LogP contribution < -0.4 is 10.1 Å². The van der Waals surface area contributed by atoms with Crippen LogP contribution >= 0.6 is 0 Å². The molecule has 7 nitrogen and oxygen atoms in total. The van der Waals surface area contributed by atoms with E-state index in [4.69, 9.17) is 9.26 Å². The molecule has 7 heteroatoms. The van der Waals surface area contributed by atoms with Crippen LogP contribution in [-0.2, 0) is 13.0 Å². The Balaban J connectivity index is 1.94. The lowest BCUT2D eigenvalue weighted by atomic mass is 10.1. The van der Waals surface area contributed by atoms with Crippen LogP contribution in [0.15, 0.2) is 22.9 Å². The molecule has 1 unspecified atom stereocenters. The van der Waals surface area contributed by atoms with Gasteiger partial charge in [0.05, 0.1) is 22.9 Å². The average molecular weight is 347 g/mol. The van der Waals surface area contributed by atoms with Gasteiger partial charge in [0.25, 0.3) is 5.91 Å². The molecular formula is C18H25N3O4. The predicted octanol–water partition coefficient (Wildman–Crippen LogP) is 2.41. The normalized spacial score (nSPS) is 12.0. The minimum absolute atomic E-state index is 0.199. The van der Waals surface area contributed by atoms with E-state index in [9.17, 15) is 9.90 Å². The van der Waals surface area contributed by atoms with Crippen molar-refractivity contribution in [1.29, 1.82) is 0 Å². The van der Waals surface area contributed by atoms with Gasteiger partial charge >= 0.3 is 0 Å². The van der Waals surface area contributed by atoms with Gasteiger partial charge < -0.3 is 19.7 Å². The first-order chi connectivity index (χ1) is 12.0. The summed E-state index contributed by atoms with van der Waals surface area (Å²) in [5.74, 6) is 0.894. The first-order valence-corrected chi connectivity index (χ1v) is 8.50. The van der Waals surface area contributed by atoms with Crippen LogP contribution in [0.1, 0.15) is 54.1 Å². The molecule has 0 fully saturated rings. The summed E-state index contributed by atoms with van der Waals surface area (Å²) in [6, 6.07) is 3.28. The molecule has 0 radical (unpaired) electrons. The Morgan fingerprint density at radius 1 is 1.44 bits per heavy atom. The fourth-order valence-electron chi connectivity index (χ4n) is 2.25. The van der Waals surface area contributed by atoms with Crippen molar-refractivity contribution < 1.29 is 19.2 Å². The Morgan fingerprint density at radius 3 is 2.88 bits per heavy atom. The standard InChI is InChI=1S/C18H25N3O4/c1-4-5-6-16-15(13(3)25-21-16)11-24-17-8-7-14(10-19-17)18(23)20-9-12(2)22/h7-8,10,12,22H,4-6,9,11H2,1-3H3,(H,20,23). The highest BCUT2D eigenvalue weighted by Crippen LogP contribution is 2.18. The highest BCUT2D eigenvalue weighted by molar-refractivity contribution is 5.93. The van der Waals surface area contributed by atoms with Gasteiger partial charge in [-0.3, -0.25) is 4.79 Å². The third kappa shape index (κ3) is 5.56. The van der Waals surface area contributed by atoms with E-state index < -0.39 is 6.10 Å². The van der Waals surface area contributed by atoms with E-state index in [0.717, 1.165) is 36.3 Å². The molecule has 0 aliphatic heterocycles. The predicted molar refractivity (Wildman–Crippen MR) is 92.4 cm³/mol. The number of pyridine rings is 1. The summed E-state index contributed by atoms with van der Waals surface area (Å²) in [5.41, 5.74) is 2.29. The fourth-order valence-corrected chi connectivity index (χ4v) is 2.25. The van der Waals surface area contributed by atoms with Crippen molar-refractivity contribution in [3.63, 3.8) is 0 Å². The van der Waals surface area contributed by atoms with Crippen LogP contribution in [0.3, 0.4) is 0 Å². The maximum atomic E-state index is 11.9. The summed E-state index contributed by atoms with van der Waals surface area (Å²) in [6.07, 6.45) is 3.86. The van der Waals surface area contributed by atoms with E-state index in [0.29, 0.717) is 18.1 Å². The maximum absolute atomic E-state index is 11.9. The number of nitrogens with one attached hydrogen (secondary N) is 1. The Kier molecular flexibility index (Phi) is 6.94. The minimum atomic E-state index is -0.590. The summed E-state index contributed by atoms with van der Waals surface area (Å²) >= 11 is 0. The molecule has 0 spiro atoms. The number of carbonyl (C=O) groups is 1. The van der Waals surface area contributed by atoms with E-state index >= 15 is 0 Å². The summed E-state index contributed by atoms with van der Waals surface area (Å²) in [5, 5.41) is 15.9. The second-order valence-corrected chi connectivity index (χ2v) is 6.00. The Labute approximate surface area is 147 Å². The maximum Gasteiger partial charge on any atom is 0.252 e. The van der Waals surface area contributed by atoms with Crippen molar-refractivity contribution in [2.75, 3.05) is 6.54 Å². The minimum Gasteiger partial charge on any atom is -0.473 e. The van der Waals surface area contributed by atoms with Crippen LogP contribution in [0.5, 0.6) is 5.88 Å². The molecule has 0 saturated carbocycles. The van der Waals surface area contributed by atoms with Crippen molar-refractivity contribution >= 4 is 5.91 Å². The number of aryl methyl sites for hydroxylation is 2. The molecular weight excluding hydrogens is 322 g/mol. The summed E-state index contributed by atoms with van der Waals surface area (Å²) in [7, 11) is 0. The van der Waals surface area contributed by atoms with Gasteiger partial charge in [-0.2, -0.15) is 0 Å². The molecule has 0 saturated heterocycles. The van der Waals surface area contributed by atoms with Gasteiger partial charge in [-0.05, 0) is 32.8 Å². The molecule has 136 valence electrons. The van der Waals surface area contributed by atoms with Gasteiger partial charge in [0.2, 0.25) is 5.88 Å². The lowest BCUT2D eigenvalue weighted by Gasteiger charge is -2.08. The van der Waals surface area contributed by atoms with Crippen LogP contribution in [0, 0.1) is 6.92 Å². The zero-order chi connectivity index (χ0) is 18.2. The molecule has 0 aliphatic carbocycles. The summed E-state index contributed by atoms with van der Waals surface area (Å²) in [4.78, 5) is 16.0. The van der Waals surface area contributed by atoms with Crippen molar-refractivity contribution in [3.8, 4) is 5.88 Å². The quantitative estimate of drug-likeness (QED) is 0.723. The Bertz CT molecular complexity index is 680. The average Bonchev–Trinajstić information content (AvgIpc) is 2.96. The topological polar surface area (TPSA) is 97.5 Å². The fraction of sp³-hybridized carbons (Fsp3) is 0.500. The number of ether oxygens (including phenoxy) is 1. The van der Waals surface area contributed by atoms with E-state index in [1.54, 1.807) is 19.1 Å². The number of amides is 1. The first-order valence-electron chi connectivity index (χ1n) is 8.50. The van der Waals surface area contributed by atoms with Crippen LogP contribution in [-0.4, -0.2) is 33.8 Å². The van der Waals surface area contributed by atoms with Gasteiger partial charge in [-0.25, -0.2) is 4.98 Å². The highest BCUT2D eigenvalue weighted by Gasteiger charge is 2.14. The summed E-state index contributed by atoms with van der Waals surface area (Å²) in [6.45, 7) is 6.13. The number of aliphatic hydroxyl groups excluding tert-OH is 1. The molecule has 2 heterocycles. The van der Waals surface area contributed by atoms with E-state index in [2.05, 4.69) is 22.4 Å². The lowest BCUT2D eigenvalue weighted by Crippen LogP contribution is -2.30. The van der Waals surface area contributed by atoms with Crippen LogP contribution in [0.25, 0.3) is 0 Å². The number of aliphatic hydroxyl groups is 1. The molecule has 0 bridgehead atoms. The van der Waals surface area contributed by atoms with Crippen LogP contribution in [0.4, 0.5) is 0 Å². The third-order valence-electron chi connectivity index (χ3n) is 3.75. The van der Waals surface area contributed by atoms with Crippen molar-refractivity contribution in [1.82, 2.24) is 15.5 Å². The van der Waals surface area contributed by atoms with E-state index in [1.165, 1.54) is 6.20 Å². The molecule has 2 rings (SSSR count). The van der Waals surface area contributed by atoms with E-state index in [-0.39, 0.29) is 12.5 Å². The highest BCUT2D eigenvalue weighted by atomic mass is 16.5. The monoisotopic (exact) mass is 347 g/mol. The number of rotatable bonds is 9. The zero-order valence-corrected chi connectivity index (χ0v) is 14.9. The number of unbranched alkanes of at least 4 members (excludes halogenated alkanes) is 1. The van der Waals surface area contributed by atoms with Gasteiger partial charge in [-0.15, -0.1) is 0 Å². The molecule has 25 heavy (non-hydrogen) atoms. The number of aromatic nitrogens is 2. The molecule has 0 aromatic carbocycles. The molecule has 1 atom stereocenters. The molecule has 1 amide bonds. The SMILES string of the molecule is CCCCc1noc(C)c1COc1ccc(C(=O)NCC(C)O)cn1.